The second kappa shape index (κ2) is 7.62. The van der Waals surface area contributed by atoms with Crippen molar-refractivity contribution in [1.29, 1.82) is 0 Å². The number of anilines is 1. The molecule has 1 atom stereocenters. The lowest BCUT2D eigenvalue weighted by molar-refractivity contribution is 0.0982. The molecular weight excluding hydrogens is 422 g/mol. The maximum Gasteiger partial charge on any atom is 0.259 e. The van der Waals surface area contributed by atoms with Crippen molar-refractivity contribution in [1.82, 2.24) is 9.29 Å². The first-order valence-corrected chi connectivity index (χ1v) is 12.2. The van der Waals surface area contributed by atoms with Crippen LogP contribution in [0.5, 0.6) is 0 Å². The first-order chi connectivity index (χ1) is 14.1. The minimum Gasteiger partial charge on any atom is -0.297 e. The second-order valence-corrected chi connectivity index (χ2v) is 11.1. The molecule has 0 unspecified atom stereocenters. The molecule has 0 N–H and O–H groups in total. The molecule has 2 aromatic rings. The summed E-state index contributed by atoms with van der Waals surface area (Å²) in [5.41, 5.74) is 2.64. The Kier molecular flexibility index (Phi) is 5.41. The van der Waals surface area contributed by atoms with Crippen molar-refractivity contribution in [3.63, 3.8) is 0 Å². The number of fused-ring (bicyclic) bond motifs is 1. The fourth-order valence-corrected chi connectivity index (χ4v) is 6.31. The Morgan fingerprint density at radius 1 is 1.23 bits per heavy atom. The standard InChI is InChI=1S/C22H26ClN3O3S/c1-4-9-30(28,29)25-8-7-15(14-25)16-10-18(13-24-12-16)26-21(27)19-6-5-17(23)11-20(19)22(26,2)3/h5-6,10-13,15H,4,7-9,14H2,1-3H3/t15-/m1/s1. The van der Waals surface area contributed by atoms with Gasteiger partial charge in [-0.05, 0) is 62.1 Å². The van der Waals surface area contributed by atoms with Crippen LogP contribution in [-0.4, -0.2) is 42.5 Å². The van der Waals surface area contributed by atoms with Crippen molar-refractivity contribution in [2.24, 2.45) is 0 Å². The normalized spacial score (nSPS) is 21.3. The molecule has 3 heterocycles. The van der Waals surface area contributed by atoms with Crippen molar-refractivity contribution in [3.8, 4) is 0 Å². The maximum absolute atomic E-state index is 13.2. The van der Waals surface area contributed by atoms with E-state index in [1.807, 2.05) is 32.9 Å². The fourth-order valence-electron chi connectivity index (χ4n) is 4.57. The average molecular weight is 448 g/mol. The van der Waals surface area contributed by atoms with Gasteiger partial charge in [-0.15, -0.1) is 0 Å². The zero-order valence-corrected chi connectivity index (χ0v) is 19.0. The Balaban J connectivity index is 1.63. The lowest BCUT2D eigenvalue weighted by Gasteiger charge is -2.32. The number of sulfonamides is 1. The lowest BCUT2D eigenvalue weighted by atomic mass is 9.93. The van der Waals surface area contributed by atoms with Crippen LogP contribution in [-0.2, 0) is 15.6 Å². The molecule has 0 spiro atoms. The van der Waals surface area contributed by atoms with E-state index in [9.17, 15) is 13.2 Å². The predicted octanol–water partition coefficient (Wildman–Crippen LogP) is 4.16. The van der Waals surface area contributed by atoms with Crippen LogP contribution >= 0.6 is 11.6 Å². The Morgan fingerprint density at radius 2 is 2.00 bits per heavy atom. The zero-order chi connectivity index (χ0) is 21.7. The molecule has 4 rings (SSSR count). The monoisotopic (exact) mass is 447 g/mol. The molecule has 1 aromatic carbocycles. The highest BCUT2D eigenvalue weighted by Gasteiger charge is 2.44. The van der Waals surface area contributed by atoms with Crippen LogP contribution in [0.2, 0.25) is 5.02 Å². The van der Waals surface area contributed by atoms with Gasteiger partial charge in [-0.25, -0.2) is 12.7 Å². The number of pyridine rings is 1. The van der Waals surface area contributed by atoms with Crippen molar-refractivity contribution >= 4 is 33.2 Å². The Labute approximate surface area is 182 Å². The summed E-state index contributed by atoms with van der Waals surface area (Å²) in [4.78, 5) is 19.3. The van der Waals surface area contributed by atoms with Crippen molar-refractivity contribution in [3.05, 3.63) is 58.4 Å². The summed E-state index contributed by atoms with van der Waals surface area (Å²) in [6.07, 6.45) is 4.83. The smallest absolute Gasteiger partial charge is 0.259 e. The molecule has 8 heteroatoms. The van der Waals surface area contributed by atoms with Crippen LogP contribution < -0.4 is 4.90 Å². The van der Waals surface area contributed by atoms with Gasteiger partial charge in [0.2, 0.25) is 10.0 Å². The van der Waals surface area contributed by atoms with Crippen LogP contribution in [0.25, 0.3) is 0 Å². The number of nitrogens with zero attached hydrogens (tertiary/aromatic N) is 3. The highest BCUT2D eigenvalue weighted by atomic mass is 35.5. The van der Waals surface area contributed by atoms with Gasteiger partial charge in [0.15, 0.2) is 0 Å². The topological polar surface area (TPSA) is 70.6 Å². The highest BCUT2D eigenvalue weighted by molar-refractivity contribution is 7.89. The summed E-state index contributed by atoms with van der Waals surface area (Å²) >= 11 is 6.18. The number of rotatable bonds is 5. The van der Waals surface area contributed by atoms with E-state index in [0.717, 1.165) is 17.5 Å². The van der Waals surface area contributed by atoms with E-state index >= 15 is 0 Å². The number of aromatic nitrogens is 1. The van der Waals surface area contributed by atoms with Crippen molar-refractivity contribution < 1.29 is 13.2 Å². The molecule has 0 saturated carbocycles. The Morgan fingerprint density at radius 3 is 2.73 bits per heavy atom. The quantitative estimate of drug-likeness (QED) is 0.690. The van der Waals surface area contributed by atoms with Crippen molar-refractivity contribution in [2.75, 3.05) is 23.7 Å². The van der Waals surface area contributed by atoms with Crippen LogP contribution in [0.15, 0.2) is 36.7 Å². The number of halogens is 1. The van der Waals surface area contributed by atoms with Crippen LogP contribution in [0.4, 0.5) is 5.69 Å². The molecule has 0 bridgehead atoms. The summed E-state index contributed by atoms with van der Waals surface area (Å²) in [5.74, 6) is 0.167. The van der Waals surface area contributed by atoms with Crippen LogP contribution in [0.3, 0.4) is 0 Å². The molecule has 0 radical (unpaired) electrons. The van der Waals surface area contributed by atoms with Crippen LogP contribution in [0.1, 0.15) is 61.0 Å². The molecule has 1 saturated heterocycles. The van der Waals surface area contributed by atoms with Gasteiger partial charge in [0.05, 0.1) is 23.2 Å². The third kappa shape index (κ3) is 3.53. The van der Waals surface area contributed by atoms with Gasteiger partial charge in [0.25, 0.3) is 5.91 Å². The zero-order valence-electron chi connectivity index (χ0n) is 17.4. The van der Waals surface area contributed by atoms with Gasteiger partial charge in [-0.3, -0.25) is 14.7 Å². The van der Waals surface area contributed by atoms with E-state index in [0.29, 0.717) is 35.8 Å². The number of amides is 1. The molecule has 2 aliphatic heterocycles. The predicted molar refractivity (Wildman–Crippen MR) is 119 cm³/mol. The number of hydrogen-bond acceptors (Lipinski definition) is 4. The minimum atomic E-state index is -3.21. The third-order valence-corrected chi connectivity index (χ3v) is 8.39. The SMILES string of the molecule is CCCS(=O)(=O)N1CC[C@@H](c2cncc(N3C(=O)c4ccc(Cl)cc4C3(C)C)c2)C1. The molecule has 30 heavy (non-hydrogen) atoms. The molecule has 1 amide bonds. The Bertz CT molecular complexity index is 1100. The molecule has 6 nitrogen and oxygen atoms in total. The first-order valence-electron chi connectivity index (χ1n) is 10.2. The van der Waals surface area contributed by atoms with E-state index < -0.39 is 15.6 Å². The molecule has 160 valence electrons. The number of benzene rings is 1. The van der Waals surface area contributed by atoms with Crippen molar-refractivity contribution in [2.45, 2.75) is 45.1 Å². The third-order valence-electron chi connectivity index (χ3n) is 6.11. The van der Waals surface area contributed by atoms with E-state index in [2.05, 4.69) is 4.98 Å². The molecular formula is C22H26ClN3O3S. The Hall–Kier alpha value is -1.96. The van der Waals surface area contributed by atoms with Gasteiger partial charge in [0.1, 0.15) is 0 Å². The minimum absolute atomic E-state index is 0.0710. The summed E-state index contributed by atoms with van der Waals surface area (Å²) in [6.45, 7) is 6.84. The van der Waals surface area contributed by atoms with E-state index in [1.54, 1.807) is 33.7 Å². The van der Waals surface area contributed by atoms with Gasteiger partial charge < -0.3 is 0 Å². The lowest BCUT2D eigenvalue weighted by Crippen LogP contribution is -2.39. The van der Waals surface area contributed by atoms with Gasteiger partial charge in [-0.1, -0.05) is 18.5 Å². The molecule has 1 fully saturated rings. The average Bonchev–Trinajstić information content (AvgIpc) is 3.25. The highest BCUT2D eigenvalue weighted by Crippen LogP contribution is 2.43. The van der Waals surface area contributed by atoms with E-state index in [4.69, 9.17) is 11.6 Å². The summed E-state index contributed by atoms with van der Waals surface area (Å²) < 4.78 is 26.4. The van der Waals surface area contributed by atoms with Gasteiger partial charge >= 0.3 is 0 Å². The summed E-state index contributed by atoms with van der Waals surface area (Å²) in [6, 6.07) is 7.32. The van der Waals surface area contributed by atoms with E-state index in [1.165, 1.54) is 0 Å². The first kappa shape index (κ1) is 21.3. The van der Waals surface area contributed by atoms with Gasteiger partial charge in [0, 0.05) is 35.8 Å². The second-order valence-electron chi connectivity index (χ2n) is 8.53. The maximum atomic E-state index is 13.2. The summed E-state index contributed by atoms with van der Waals surface area (Å²) in [7, 11) is -3.21. The number of carbonyl (C=O) groups is 1. The molecule has 0 aliphatic carbocycles. The fraction of sp³-hybridized carbons (Fsp3) is 0.455. The molecule has 1 aromatic heterocycles. The van der Waals surface area contributed by atoms with Crippen LogP contribution in [0, 0.1) is 0 Å². The number of carbonyl (C=O) groups excluding carboxylic acids is 1. The van der Waals surface area contributed by atoms with E-state index in [-0.39, 0.29) is 17.6 Å². The largest absolute Gasteiger partial charge is 0.297 e. The number of hydrogen-bond donors (Lipinski definition) is 0. The summed E-state index contributed by atoms with van der Waals surface area (Å²) in [5, 5.41) is 0.600. The molecule has 2 aliphatic rings. The van der Waals surface area contributed by atoms with Gasteiger partial charge in [-0.2, -0.15) is 0 Å².